The van der Waals surface area contributed by atoms with Crippen molar-refractivity contribution in [2.45, 2.75) is 34.1 Å². The predicted molar refractivity (Wildman–Crippen MR) is 130 cm³/mol. The molecule has 0 bridgehead atoms. The molecule has 0 radical (unpaired) electrons. The summed E-state index contributed by atoms with van der Waals surface area (Å²) in [6, 6.07) is 5.33. The third kappa shape index (κ3) is 4.43. The maximum Gasteiger partial charge on any atom is 0.256 e. The van der Waals surface area contributed by atoms with Crippen LogP contribution in [0.3, 0.4) is 0 Å². The smallest absolute Gasteiger partial charge is 0.256 e. The Balaban J connectivity index is 1.62. The number of hydrogen-bond acceptors (Lipinski definition) is 4. The van der Waals surface area contributed by atoms with E-state index in [4.69, 9.17) is 0 Å². The van der Waals surface area contributed by atoms with Gasteiger partial charge in [-0.3, -0.25) is 14.4 Å². The minimum Gasteiger partial charge on any atom is -0.358 e. The molecule has 33 heavy (non-hydrogen) atoms. The summed E-state index contributed by atoms with van der Waals surface area (Å²) >= 11 is 0. The van der Waals surface area contributed by atoms with Gasteiger partial charge in [0.15, 0.2) is 0 Å². The largest absolute Gasteiger partial charge is 0.358 e. The molecule has 2 aromatic rings. The van der Waals surface area contributed by atoms with E-state index in [0.717, 1.165) is 54.1 Å². The Morgan fingerprint density at radius 2 is 2.00 bits per heavy atom. The molecule has 3 heterocycles. The highest BCUT2D eigenvalue weighted by atomic mass is 16.2. The van der Waals surface area contributed by atoms with E-state index in [0.29, 0.717) is 30.0 Å². The number of nitrogens with one attached hydrogen (secondary N) is 3. The molecule has 0 atom stereocenters. The quantitative estimate of drug-likeness (QED) is 0.566. The topological polar surface area (TPSA) is 97.5 Å². The van der Waals surface area contributed by atoms with Gasteiger partial charge in [0.25, 0.3) is 11.8 Å². The van der Waals surface area contributed by atoms with Crippen LogP contribution in [0.2, 0.25) is 0 Å². The van der Waals surface area contributed by atoms with Crippen LogP contribution in [-0.2, 0) is 16.0 Å². The first kappa shape index (κ1) is 22.8. The number of likely N-dealkylation sites (N-methyl/N-ethyl adjacent to an activating group) is 1. The molecule has 174 valence electrons. The molecule has 3 amide bonds. The first-order valence-corrected chi connectivity index (χ1v) is 11.5. The summed E-state index contributed by atoms with van der Waals surface area (Å²) in [7, 11) is 0. The number of aromatic amines is 1. The average Bonchev–Trinajstić information content (AvgIpc) is 3.26. The van der Waals surface area contributed by atoms with Crippen molar-refractivity contribution in [2.75, 3.05) is 43.4 Å². The van der Waals surface area contributed by atoms with Crippen LogP contribution >= 0.6 is 0 Å². The monoisotopic (exact) mass is 449 g/mol. The third-order valence-electron chi connectivity index (χ3n) is 6.49. The second kappa shape index (κ2) is 9.23. The molecule has 2 aliphatic rings. The molecule has 2 aliphatic heterocycles. The number of H-pyrrole nitrogens is 1. The highest BCUT2D eigenvalue weighted by molar-refractivity contribution is 6.35. The van der Waals surface area contributed by atoms with Gasteiger partial charge in [0.05, 0.1) is 11.1 Å². The van der Waals surface area contributed by atoms with Crippen LogP contribution in [0.5, 0.6) is 0 Å². The molecule has 8 nitrogen and oxygen atoms in total. The molecule has 0 unspecified atom stereocenters. The van der Waals surface area contributed by atoms with E-state index in [9.17, 15) is 14.4 Å². The molecule has 3 N–H and O–H groups in total. The molecule has 8 heteroatoms. The highest BCUT2D eigenvalue weighted by Gasteiger charge is 2.30. The van der Waals surface area contributed by atoms with Crippen molar-refractivity contribution in [3.05, 3.63) is 46.3 Å². The minimum atomic E-state index is -0.205. The molecule has 0 saturated carbocycles. The van der Waals surface area contributed by atoms with Crippen LogP contribution in [0, 0.1) is 6.92 Å². The number of rotatable bonds is 7. The van der Waals surface area contributed by atoms with Crippen molar-refractivity contribution in [1.82, 2.24) is 14.8 Å². The average molecular weight is 450 g/mol. The fourth-order valence-electron chi connectivity index (χ4n) is 4.58. The molecular weight excluding hydrogens is 418 g/mol. The third-order valence-corrected chi connectivity index (χ3v) is 6.49. The zero-order valence-electron chi connectivity index (χ0n) is 19.7. The van der Waals surface area contributed by atoms with Crippen molar-refractivity contribution in [3.8, 4) is 0 Å². The second-order valence-corrected chi connectivity index (χ2v) is 8.54. The van der Waals surface area contributed by atoms with Gasteiger partial charge in [0.2, 0.25) is 5.91 Å². The number of benzene rings is 1. The normalized spacial score (nSPS) is 16.3. The molecular formula is C25H31N5O3. The van der Waals surface area contributed by atoms with Gasteiger partial charge >= 0.3 is 0 Å². The summed E-state index contributed by atoms with van der Waals surface area (Å²) < 4.78 is 0. The van der Waals surface area contributed by atoms with Gasteiger partial charge in [-0.05, 0) is 49.9 Å². The van der Waals surface area contributed by atoms with E-state index in [1.807, 2.05) is 11.8 Å². The van der Waals surface area contributed by atoms with Gasteiger partial charge in [0.1, 0.15) is 0 Å². The SMILES string of the molecule is CCN(CC)CCN1CCc2[nH]c(C=C3C(=O)Nc4ccc(NC(C)=O)cc43)c(C)c2C1=O. The number of aromatic nitrogens is 1. The maximum atomic E-state index is 13.2. The molecule has 4 rings (SSSR count). The number of carbonyl (C=O) groups excluding carboxylic acids is 3. The lowest BCUT2D eigenvalue weighted by Crippen LogP contribution is -2.42. The Morgan fingerprint density at radius 3 is 2.70 bits per heavy atom. The van der Waals surface area contributed by atoms with Crippen molar-refractivity contribution in [2.24, 2.45) is 0 Å². The van der Waals surface area contributed by atoms with Crippen molar-refractivity contribution < 1.29 is 14.4 Å². The standard InChI is InChI=1S/C25H31N5O3/c1-5-29(6-2)11-12-30-10-9-21-23(25(30)33)15(3)22(27-21)14-19-18-13-17(26-16(4)31)7-8-20(18)28-24(19)32/h7-8,13-14,27H,5-6,9-12H2,1-4H3,(H,26,31)(H,28,32). The van der Waals surface area contributed by atoms with Crippen LogP contribution in [0.1, 0.15) is 53.6 Å². The summed E-state index contributed by atoms with van der Waals surface area (Å²) in [5, 5.41) is 5.63. The maximum absolute atomic E-state index is 13.2. The molecule has 1 aromatic carbocycles. The zero-order chi connectivity index (χ0) is 23.7. The minimum absolute atomic E-state index is 0.0472. The first-order chi connectivity index (χ1) is 15.8. The lowest BCUT2D eigenvalue weighted by atomic mass is 10.0. The summed E-state index contributed by atoms with van der Waals surface area (Å²) in [5.41, 5.74) is 5.83. The molecule has 0 fully saturated rings. The van der Waals surface area contributed by atoms with Crippen LogP contribution < -0.4 is 10.6 Å². The number of fused-ring (bicyclic) bond motifs is 2. The Bertz CT molecular complexity index is 1140. The van der Waals surface area contributed by atoms with Crippen molar-refractivity contribution in [3.63, 3.8) is 0 Å². The molecule has 0 spiro atoms. The first-order valence-electron chi connectivity index (χ1n) is 11.5. The summed E-state index contributed by atoms with van der Waals surface area (Å²) in [6.45, 7) is 11.8. The Labute approximate surface area is 194 Å². The van der Waals surface area contributed by atoms with E-state index < -0.39 is 0 Å². The fraction of sp³-hybridized carbons (Fsp3) is 0.400. The Morgan fingerprint density at radius 1 is 1.24 bits per heavy atom. The zero-order valence-corrected chi connectivity index (χ0v) is 19.7. The number of carbonyl (C=O) groups is 3. The molecule has 1 aromatic heterocycles. The van der Waals surface area contributed by atoms with Gasteiger partial charge in [-0.2, -0.15) is 0 Å². The van der Waals surface area contributed by atoms with Crippen LogP contribution in [0.15, 0.2) is 18.2 Å². The van der Waals surface area contributed by atoms with Gasteiger partial charge in [-0.1, -0.05) is 13.8 Å². The van der Waals surface area contributed by atoms with Gasteiger partial charge < -0.3 is 25.4 Å². The molecule has 0 saturated heterocycles. The van der Waals surface area contributed by atoms with Crippen LogP contribution in [0.4, 0.5) is 11.4 Å². The van der Waals surface area contributed by atoms with E-state index >= 15 is 0 Å². The van der Waals surface area contributed by atoms with Crippen LogP contribution in [-0.4, -0.2) is 65.2 Å². The van der Waals surface area contributed by atoms with E-state index in [2.05, 4.69) is 34.4 Å². The fourth-order valence-corrected chi connectivity index (χ4v) is 4.58. The number of hydrogen-bond donors (Lipinski definition) is 3. The van der Waals surface area contributed by atoms with E-state index in [1.54, 1.807) is 24.3 Å². The summed E-state index contributed by atoms with van der Waals surface area (Å²) in [6.07, 6.45) is 2.57. The second-order valence-electron chi connectivity index (χ2n) is 8.54. The van der Waals surface area contributed by atoms with Gasteiger partial charge in [0, 0.05) is 61.3 Å². The van der Waals surface area contributed by atoms with Gasteiger partial charge in [-0.25, -0.2) is 0 Å². The number of nitrogens with zero attached hydrogens (tertiary/aromatic N) is 2. The van der Waals surface area contributed by atoms with E-state index in [1.165, 1.54) is 6.92 Å². The van der Waals surface area contributed by atoms with Crippen molar-refractivity contribution >= 4 is 40.7 Å². The van der Waals surface area contributed by atoms with Crippen molar-refractivity contribution in [1.29, 1.82) is 0 Å². The van der Waals surface area contributed by atoms with E-state index in [-0.39, 0.29) is 17.7 Å². The Hall–Kier alpha value is -3.39. The lowest BCUT2D eigenvalue weighted by molar-refractivity contribution is -0.114. The Kier molecular flexibility index (Phi) is 6.37. The molecule has 0 aliphatic carbocycles. The highest BCUT2D eigenvalue weighted by Crippen LogP contribution is 2.36. The van der Waals surface area contributed by atoms with Gasteiger partial charge in [-0.15, -0.1) is 0 Å². The lowest BCUT2D eigenvalue weighted by Gasteiger charge is -2.29. The number of anilines is 2. The predicted octanol–water partition coefficient (Wildman–Crippen LogP) is 3.11. The number of amides is 3. The van der Waals surface area contributed by atoms with Crippen LogP contribution in [0.25, 0.3) is 11.6 Å². The summed E-state index contributed by atoms with van der Waals surface area (Å²) in [4.78, 5) is 45.0. The summed E-state index contributed by atoms with van der Waals surface area (Å²) in [5.74, 6) is -0.329.